The molecule has 0 aliphatic carbocycles. The second kappa shape index (κ2) is 12.0. The smallest absolute Gasteiger partial charge is 0.319 e. The summed E-state index contributed by atoms with van der Waals surface area (Å²) in [4.78, 5) is 11.5. The fourth-order valence-electron chi connectivity index (χ4n) is 3.80. The first-order valence-electron chi connectivity index (χ1n) is 12.2. The number of nitrogens with one attached hydrogen (secondary N) is 1. The Morgan fingerprint density at radius 1 is 1.14 bits per heavy atom. The molecule has 37 heavy (non-hydrogen) atoms. The number of esters is 1. The van der Waals surface area contributed by atoms with Crippen LogP contribution in [-0.2, 0) is 24.5 Å². The van der Waals surface area contributed by atoms with Crippen molar-refractivity contribution in [1.82, 2.24) is 13.9 Å². The molecule has 0 saturated heterocycles. The lowest BCUT2D eigenvalue weighted by Crippen LogP contribution is -2.45. The third-order valence-electron chi connectivity index (χ3n) is 6.39. The molecule has 1 aliphatic rings. The summed E-state index contributed by atoms with van der Waals surface area (Å²) >= 11 is 0. The van der Waals surface area contributed by atoms with Crippen molar-refractivity contribution < 1.29 is 27.4 Å². The lowest BCUT2D eigenvalue weighted by atomic mass is 10.1. The van der Waals surface area contributed by atoms with Crippen molar-refractivity contribution >= 4 is 16.2 Å². The summed E-state index contributed by atoms with van der Waals surface area (Å²) in [5.74, 6) is 0.701. The van der Waals surface area contributed by atoms with Crippen molar-refractivity contribution in [2.75, 3.05) is 27.3 Å². The van der Waals surface area contributed by atoms with Gasteiger partial charge in [0.2, 0.25) is 6.23 Å². The number of hydrogen-bond donors (Lipinski definition) is 1. The van der Waals surface area contributed by atoms with E-state index in [1.807, 2.05) is 70.2 Å². The predicted molar refractivity (Wildman–Crippen MR) is 142 cm³/mol. The quantitative estimate of drug-likeness (QED) is 0.437. The number of benzene rings is 2. The zero-order valence-corrected chi connectivity index (χ0v) is 23.3. The summed E-state index contributed by atoms with van der Waals surface area (Å²) in [6.45, 7) is 9.38. The normalized spacial score (nSPS) is 16.8. The minimum atomic E-state index is -3.92. The number of ether oxygens (including phenoxy) is 3. The summed E-state index contributed by atoms with van der Waals surface area (Å²) in [6.07, 6.45) is -0.834. The van der Waals surface area contributed by atoms with Gasteiger partial charge in [0.25, 0.3) is 0 Å². The first-order valence-corrected chi connectivity index (χ1v) is 13.6. The summed E-state index contributed by atoms with van der Waals surface area (Å²) in [6, 6.07) is 14.7. The van der Waals surface area contributed by atoms with Crippen molar-refractivity contribution in [2.45, 2.75) is 52.9 Å². The van der Waals surface area contributed by atoms with Crippen LogP contribution in [0.1, 0.15) is 56.7 Å². The van der Waals surface area contributed by atoms with Crippen LogP contribution in [-0.4, -0.2) is 56.3 Å². The van der Waals surface area contributed by atoms with Crippen LogP contribution in [0.2, 0.25) is 0 Å². The van der Waals surface area contributed by atoms with Crippen LogP contribution in [0.3, 0.4) is 0 Å². The van der Waals surface area contributed by atoms with Gasteiger partial charge in [-0.15, -0.1) is 0 Å². The van der Waals surface area contributed by atoms with E-state index >= 15 is 0 Å². The van der Waals surface area contributed by atoms with Gasteiger partial charge in [-0.05, 0) is 52.3 Å². The maximum atomic E-state index is 13.7. The monoisotopic (exact) mass is 531 g/mol. The van der Waals surface area contributed by atoms with Crippen LogP contribution in [0, 0.1) is 6.92 Å². The molecule has 1 aliphatic heterocycles. The minimum Gasteiger partial charge on any atom is -0.487 e. The number of methoxy groups -OCH3 is 1. The maximum Gasteiger partial charge on any atom is 0.319 e. The van der Waals surface area contributed by atoms with Crippen molar-refractivity contribution in [3.63, 3.8) is 0 Å². The number of nitrogens with zero attached hydrogens (tertiary/aromatic N) is 2. The summed E-state index contributed by atoms with van der Waals surface area (Å²) in [5, 5.41) is 3.11. The van der Waals surface area contributed by atoms with Gasteiger partial charge in [-0.2, -0.15) is 12.7 Å². The van der Waals surface area contributed by atoms with Crippen molar-refractivity contribution in [3.8, 4) is 5.75 Å². The molecule has 9 nitrogen and oxygen atoms in total. The average molecular weight is 532 g/mol. The number of rotatable bonds is 11. The Morgan fingerprint density at radius 3 is 2.43 bits per heavy atom. The van der Waals surface area contributed by atoms with E-state index in [1.165, 1.54) is 15.7 Å². The van der Waals surface area contributed by atoms with Gasteiger partial charge < -0.3 is 19.5 Å². The Bertz CT molecular complexity index is 1230. The molecule has 0 aromatic heterocycles. The lowest BCUT2D eigenvalue weighted by Gasteiger charge is -2.32. The largest absolute Gasteiger partial charge is 0.487 e. The highest BCUT2D eigenvalue weighted by Crippen LogP contribution is 2.40. The van der Waals surface area contributed by atoms with Crippen LogP contribution in [0.5, 0.6) is 5.75 Å². The number of aryl methyl sites for hydroxylation is 1. The van der Waals surface area contributed by atoms with Crippen LogP contribution >= 0.6 is 0 Å². The second-order valence-corrected chi connectivity index (χ2v) is 11.2. The van der Waals surface area contributed by atoms with E-state index in [9.17, 15) is 13.2 Å². The fraction of sp³-hybridized carbons (Fsp3) is 0.444. The first-order chi connectivity index (χ1) is 17.4. The molecule has 2 aromatic carbocycles. The van der Waals surface area contributed by atoms with E-state index in [4.69, 9.17) is 9.47 Å². The van der Waals surface area contributed by atoms with Gasteiger partial charge in [0, 0.05) is 24.7 Å². The zero-order chi connectivity index (χ0) is 27.3. The maximum absolute atomic E-state index is 13.7. The minimum absolute atomic E-state index is 0.00716. The molecular formula is C27H37N3O6S. The molecule has 0 saturated carbocycles. The van der Waals surface area contributed by atoms with Gasteiger partial charge in [-0.25, -0.2) is 4.31 Å². The predicted octanol–water partition coefficient (Wildman–Crippen LogP) is 4.04. The van der Waals surface area contributed by atoms with Gasteiger partial charge in [0.05, 0.1) is 13.7 Å². The summed E-state index contributed by atoms with van der Waals surface area (Å²) in [5.41, 5.74) is 3.14. The van der Waals surface area contributed by atoms with E-state index in [2.05, 4.69) is 10.1 Å². The van der Waals surface area contributed by atoms with Crippen LogP contribution in [0.15, 0.2) is 60.0 Å². The average Bonchev–Trinajstić information content (AvgIpc) is 3.22. The van der Waals surface area contributed by atoms with E-state index in [1.54, 1.807) is 20.0 Å². The van der Waals surface area contributed by atoms with E-state index in [0.717, 1.165) is 16.7 Å². The van der Waals surface area contributed by atoms with E-state index in [0.29, 0.717) is 17.2 Å². The van der Waals surface area contributed by atoms with Gasteiger partial charge in [0.1, 0.15) is 23.8 Å². The topological polar surface area (TPSA) is 97.4 Å². The highest BCUT2D eigenvalue weighted by Gasteiger charge is 2.43. The standard InChI is InChI=1S/C27H37N3O6S/c1-18(2)29(6)37(32,33)30-25(21(5)36-27(30)22-13-11-19(3)12-14-22)17-35-24-10-8-9-23(15-24)20(4)28-16-26(31)34-7/h8-15,18,20,27-28H,16-17H2,1-7H3. The van der Waals surface area contributed by atoms with Crippen LogP contribution < -0.4 is 10.1 Å². The molecule has 2 atom stereocenters. The molecule has 0 fully saturated rings. The molecule has 2 aromatic rings. The number of hydrogen-bond acceptors (Lipinski definition) is 7. The molecule has 10 heteroatoms. The van der Waals surface area contributed by atoms with Gasteiger partial charge in [0.15, 0.2) is 0 Å². The Balaban J connectivity index is 1.86. The second-order valence-electron chi connectivity index (χ2n) is 9.34. The van der Waals surface area contributed by atoms with Crippen molar-refractivity contribution in [3.05, 3.63) is 76.7 Å². The van der Waals surface area contributed by atoms with Gasteiger partial charge in [-0.1, -0.05) is 42.0 Å². The lowest BCUT2D eigenvalue weighted by molar-refractivity contribution is -0.139. The van der Waals surface area contributed by atoms with Gasteiger partial charge >= 0.3 is 16.2 Å². The zero-order valence-electron chi connectivity index (χ0n) is 22.5. The number of allylic oxidation sites excluding steroid dienone is 1. The Labute approximate surface area is 220 Å². The SMILES string of the molecule is COC(=O)CNC(C)c1cccc(OCC2=C(C)OC(c3ccc(C)cc3)N2S(=O)(=O)N(C)C(C)C)c1. The first kappa shape index (κ1) is 28.5. The van der Waals surface area contributed by atoms with Crippen molar-refractivity contribution in [2.24, 2.45) is 0 Å². The molecule has 1 heterocycles. The van der Waals surface area contributed by atoms with Crippen LogP contribution in [0.4, 0.5) is 0 Å². The molecule has 3 rings (SSSR count). The third kappa shape index (κ3) is 6.63. The Hall–Kier alpha value is -3.08. The van der Waals surface area contributed by atoms with Crippen molar-refractivity contribution in [1.29, 1.82) is 0 Å². The highest BCUT2D eigenvalue weighted by molar-refractivity contribution is 7.86. The third-order valence-corrected chi connectivity index (χ3v) is 8.45. The molecule has 1 N–H and O–H groups in total. The van der Waals surface area contributed by atoms with Crippen LogP contribution in [0.25, 0.3) is 0 Å². The van der Waals surface area contributed by atoms with Gasteiger partial charge in [-0.3, -0.25) is 4.79 Å². The van der Waals surface area contributed by atoms with E-state index in [-0.39, 0.29) is 31.2 Å². The number of carbonyl (C=O) groups excluding carboxylic acids is 1. The Morgan fingerprint density at radius 2 is 1.81 bits per heavy atom. The molecule has 0 amide bonds. The highest BCUT2D eigenvalue weighted by atomic mass is 32.2. The van der Waals surface area contributed by atoms with E-state index < -0.39 is 16.4 Å². The summed E-state index contributed by atoms with van der Waals surface area (Å²) in [7, 11) is -1.02. The molecular weight excluding hydrogens is 494 g/mol. The summed E-state index contributed by atoms with van der Waals surface area (Å²) < 4.78 is 47.0. The molecule has 0 bridgehead atoms. The molecule has 2 unspecified atom stereocenters. The fourth-order valence-corrected chi connectivity index (χ4v) is 5.47. The Kier molecular flexibility index (Phi) is 9.22. The molecule has 202 valence electrons. The number of carbonyl (C=O) groups is 1. The molecule has 0 radical (unpaired) electrons. The molecule has 0 spiro atoms.